The van der Waals surface area contributed by atoms with Crippen molar-refractivity contribution < 1.29 is 4.79 Å². The highest BCUT2D eigenvalue weighted by atomic mass is 16.2. The van der Waals surface area contributed by atoms with Crippen LogP contribution in [0.15, 0.2) is 60.8 Å². The van der Waals surface area contributed by atoms with Gasteiger partial charge in [0.15, 0.2) is 0 Å². The van der Waals surface area contributed by atoms with Gasteiger partial charge in [0, 0.05) is 34.8 Å². The molecule has 3 nitrogen and oxygen atoms in total. The number of amides is 1. The van der Waals surface area contributed by atoms with E-state index in [0.29, 0.717) is 6.54 Å². The van der Waals surface area contributed by atoms with Crippen LogP contribution in [0, 0.1) is 17.8 Å². The molecule has 4 aliphatic carbocycles. The molecule has 3 aromatic rings. The van der Waals surface area contributed by atoms with E-state index in [-0.39, 0.29) is 11.3 Å². The summed E-state index contributed by atoms with van der Waals surface area (Å²) < 4.78 is 0. The van der Waals surface area contributed by atoms with Gasteiger partial charge >= 0.3 is 0 Å². The molecular weight excluding hydrogens is 380 g/mol. The Balaban J connectivity index is 1.36. The van der Waals surface area contributed by atoms with Crippen LogP contribution in [0.4, 0.5) is 5.69 Å². The molecule has 0 spiro atoms. The summed E-state index contributed by atoms with van der Waals surface area (Å²) in [5, 5.41) is 2.28. The van der Waals surface area contributed by atoms with Crippen LogP contribution in [-0.4, -0.2) is 17.4 Å². The van der Waals surface area contributed by atoms with E-state index in [0.717, 1.165) is 39.8 Å². The topological polar surface area (TPSA) is 33.2 Å². The minimum Gasteiger partial charge on any atom is -0.308 e. The number of anilines is 1. The normalized spacial score (nSPS) is 28.7. The fourth-order valence-corrected chi connectivity index (χ4v) is 7.30. The zero-order valence-electron chi connectivity index (χ0n) is 18.3. The Bertz CT molecular complexity index is 1110. The second-order valence-electron chi connectivity index (χ2n) is 10.2. The molecule has 0 aliphatic heterocycles. The summed E-state index contributed by atoms with van der Waals surface area (Å²) in [6.07, 6.45) is 9.94. The van der Waals surface area contributed by atoms with Crippen LogP contribution in [0.3, 0.4) is 0 Å². The molecule has 1 amide bonds. The second-order valence-corrected chi connectivity index (χ2v) is 10.2. The van der Waals surface area contributed by atoms with Crippen LogP contribution in [0.25, 0.3) is 10.8 Å². The average molecular weight is 411 g/mol. The number of nitrogens with zero attached hydrogens (tertiary/aromatic N) is 2. The lowest BCUT2D eigenvalue weighted by Crippen LogP contribution is -2.49. The van der Waals surface area contributed by atoms with Crippen LogP contribution < -0.4 is 4.90 Å². The van der Waals surface area contributed by atoms with Crippen molar-refractivity contribution in [3.8, 4) is 0 Å². The van der Waals surface area contributed by atoms with Gasteiger partial charge in [0.25, 0.3) is 5.91 Å². The molecule has 4 aliphatic rings. The predicted octanol–water partition coefficient (Wildman–Crippen LogP) is 6.37. The molecule has 2 aromatic carbocycles. The maximum atomic E-state index is 13.7. The van der Waals surface area contributed by atoms with Crippen LogP contribution >= 0.6 is 0 Å². The number of hydrogen-bond donors (Lipinski definition) is 0. The Morgan fingerprint density at radius 2 is 1.65 bits per heavy atom. The van der Waals surface area contributed by atoms with Gasteiger partial charge < -0.3 is 4.90 Å². The van der Waals surface area contributed by atoms with E-state index in [9.17, 15) is 4.79 Å². The van der Waals surface area contributed by atoms with Gasteiger partial charge in [-0.2, -0.15) is 0 Å². The summed E-state index contributed by atoms with van der Waals surface area (Å²) in [5.41, 5.74) is 3.14. The quantitative estimate of drug-likeness (QED) is 0.501. The largest absolute Gasteiger partial charge is 0.308 e. The molecule has 0 unspecified atom stereocenters. The first-order chi connectivity index (χ1) is 15.1. The Labute approximate surface area is 184 Å². The first-order valence-corrected chi connectivity index (χ1v) is 11.9. The van der Waals surface area contributed by atoms with Crippen molar-refractivity contribution in [1.29, 1.82) is 0 Å². The number of hydrogen-bond acceptors (Lipinski definition) is 2. The van der Waals surface area contributed by atoms with E-state index in [1.54, 1.807) is 0 Å². The molecule has 0 atom stereocenters. The number of pyridine rings is 1. The Hall–Kier alpha value is -2.68. The van der Waals surface area contributed by atoms with E-state index in [1.165, 1.54) is 44.2 Å². The van der Waals surface area contributed by atoms with Gasteiger partial charge in [-0.25, -0.2) is 0 Å². The number of aromatic nitrogens is 1. The van der Waals surface area contributed by atoms with Crippen molar-refractivity contribution in [2.75, 3.05) is 11.4 Å². The fourth-order valence-electron chi connectivity index (χ4n) is 7.30. The summed E-state index contributed by atoms with van der Waals surface area (Å²) in [6, 6.07) is 18.5. The van der Waals surface area contributed by atoms with Crippen LogP contribution in [0.5, 0.6) is 0 Å². The van der Waals surface area contributed by atoms with Gasteiger partial charge in [0.1, 0.15) is 0 Å². The smallest absolute Gasteiger partial charge is 0.258 e. The molecule has 4 saturated carbocycles. The molecule has 4 bridgehead atoms. The lowest BCUT2D eigenvalue weighted by atomic mass is 9.48. The summed E-state index contributed by atoms with van der Waals surface area (Å²) in [7, 11) is 0. The summed E-state index contributed by atoms with van der Waals surface area (Å²) >= 11 is 0. The van der Waals surface area contributed by atoms with E-state index in [4.69, 9.17) is 4.98 Å². The highest BCUT2D eigenvalue weighted by molar-refractivity contribution is 6.10. The summed E-state index contributed by atoms with van der Waals surface area (Å²) in [6.45, 7) is 2.70. The van der Waals surface area contributed by atoms with E-state index in [2.05, 4.69) is 37.3 Å². The summed E-state index contributed by atoms with van der Waals surface area (Å²) in [5.74, 6) is 2.69. The highest BCUT2D eigenvalue weighted by Crippen LogP contribution is 2.60. The third kappa shape index (κ3) is 3.09. The zero-order chi connectivity index (χ0) is 21.0. The van der Waals surface area contributed by atoms with Crippen LogP contribution in [0.1, 0.15) is 61.5 Å². The lowest BCUT2D eigenvalue weighted by molar-refractivity contribution is -0.00721. The van der Waals surface area contributed by atoms with E-state index < -0.39 is 0 Å². The predicted molar refractivity (Wildman–Crippen MR) is 125 cm³/mol. The third-order valence-electron chi connectivity index (χ3n) is 8.21. The molecule has 158 valence electrons. The maximum absolute atomic E-state index is 13.7. The molecule has 0 saturated heterocycles. The number of carbonyl (C=O) groups is 1. The van der Waals surface area contributed by atoms with Gasteiger partial charge in [-0.1, -0.05) is 36.4 Å². The van der Waals surface area contributed by atoms with Gasteiger partial charge in [0.05, 0.1) is 5.69 Å². The maximum Gasteiger partial charge on any atom is 0.258 e. The molecule has 7 rings (SSSR count). The SMILES string of the molecule is CCN(C(=O)c1ccnc(C23CC4CC(CC(C4)C2)C3)c1)c1cccc2ccccc12. The second kappa shape index (κ2) is 7.19. The standard InChI is InChI=1S/C28H30N2O/c1-2-30(25-9-5-7-22-6-3-4-8-24(22)25)27(31)23-10-11-29-26(15-23)28-16-19-12-20(17-28)14-21(13-19)18-28/h3-11,15,19-21H,2,12-14,16-18H2,1H3. The van der Waals surface area contributed by atoms with Crippen molar-refractivity contribution in [2.45, 2.75) is 50.9 Å². The fraction of sp³-hybridized carbons (Fsp3) is 0.429. The zero-order valence-corrected chi connectivity index (χ0v) is 18.3. The molecular formula is C28H30N2O. The van der Waals surface area contributed by atoms with E-state index in [1.807, 2.05) is 35.4 Å². The Morgan fingerprint density at radius 3 is 2.35 bits per heavy atom. The molecule has 0 N–H and O–H groups in total. The molecule has 0 radical (unpaired) electrons. The first kappa shape index (κ1) is 19.0. The first-order valence-electron chi connectivity index (χ1n) is 11.9. The number of rotatable bonds is 4. The molecule has 4 fully saturated rings. The highest BCUT2D eigenvalue weighted by Gasteiger charge is 2.52. The minimum absolute atomic E-state index is 0.0761. The molecule has 1 aromatic heterocycles. The van der Waals surface area contributed by atoms with Crippen molar-refractivity contribution in [3.05, 3.63) is 72.1 Å². The third-order valence-corrected chi connectivity index (χ3v) is 8.21. The van der Waals surface area contributed by atoms with Gasteiger partial charge in [-0.3, -0.25) is 9.78 Å². The number of fused-ring (bicyclic) bond motifs is 1. The van der Waals surface area contributed by atoms with Crippen LogP contribution in [-0.2, 0) is 5.41 Å². The van der Waals surface area contributed by atoms with Gasteiger partial charge in [0.2, 0.25) is 0 Å². The minimum atomic E-state index is 0.0761. The van der Waals surface area contributed by atoms with Crippen molar-refractivity contribution >= 4 is 22.4 Å². The number of benzene rings is 2. The molecule has 31 heavy (non-hydrogen) atoms. The average Bonchev–Trinajstić information content (AvgIpc) is 2.79. The Kier molecular flexibility index (Phi) is 4.41. The summed E-state index contributed by atoms with van der Waals surface area (Å²) in [4.78, 5) is 20.5. The van der Waals surface area contributed by atoms with Crippen LogP contribution in [0.2, 0.25) is 0 Å². The van der Waals surface area contributed by atoms with E-state index >= 15 is 0 Å². The van der Waals surface area contributed by atoms with Crippen molar-refractivity contribution in [1.82, 2.24) is 4.98 Å². The van der Waals surface area contributed by atoms with Gasteiger partial charge in [-0.15, -0.1) is 0 Å². The Morgan fingerprint density at radius 1 is 0.968 bits per heavy atom. The lowest BCUT2D eigenvalue weighted by Gasteiger charge is -2.56. The monoisotopic (exact) mass is 410 g/mol. The molecule has 1 heterocycles. The molecule has 3 heteroatoms. The van der Waals surface area contributed by atoms with Crippen molar-refractivity contribution in [2.24, 2.45) is 17.8 Å². The number of carbonyl (C=O) groups excluding carboxylic acids is 1. The van der Waals surface area contributed by atoms with Gasteiger partial charge in [-0.05, 0) is 86.8 Å². The van der Waals surface area contributed by atoms with Crippen molar-refractivity contribution in [3.63, 3.8) is 0 Å².